The molecule has 1 saturated carbocycles. The number of aliphatic carboxylic acids is 1. The van der Waals surface area contributed by atoms with E-state index in [0.717, 1.165) is 37.2 Å². The van der Waals surface area contributed by atoms with Crippen LogP contribution in [0.2, 0.25) is 0 Å². The van der Waals surface area contributed by atoms with Crippen molar-refractivity contribution in [2.45, 2.75) is 37.2 Å². The molecule has 1 aromatic carbocycles. The van der Waals surface area contributed by atoms with Crippen LogP contribution in [0.4, 0.5) is 0 Å². The Balaban J connectivity index is 1.67. The standard InChI is InChI=1S/C15H18O4/c16-14(17)9-15(6-7-15)11-1-3-12(4-2-11)19-13-5-8-18-10-13/h1-4,13H,5-10H2,(H,16,17). The highest BCUT2D eigenvalue weighted by molar-refractivity contribution is 5.70. The van der Waals surface area contributed by atoms with Crippen LogP contribution in [0.3, 0.4) is 0 Å². The van der Waals surface area contributed by atoms with E-state index in [-0.39, 0.29) is 17.9 Å². The van der Waals surface area contributed by atoms with Crippen molar-refractivity contribution >= 4 is 5.97 Å². The van der Waals surface area contributed by atoms with Gasteiger partial charge in [-0.2, -0.15) is 0 Å². The Morgan fingerprint density at radius 1 is 1.37 bits per heavy atom. The third-order valence-corrected chi connectivity index (χ3v) is 4.00. The lowest BCUT2D eigenvalue weighted by Crippen LogP contribution is -2.16. The van der Waals surface area contributed by atoms with Gasteiger partial charge in [-0.25, -0.2) is 0 Å². The zero-order chi connectivity index (χ0) is 13.3. The van der Waals surface area contributed by atoms with Crippen molar-refractivity contribution in [3.63, 3.8) is 0 Å². The van der Waals surface area contributed by atoms with Crippen LogP contribution < -0.4 is 4.74 Å². The second-order valence-electron chi connectivity index (χ2n) is 5.48. The van der Waals surface area contributed by atoms with Gasteiger partial charge in [-0.15, -0.1) is 0 Å². The van der Waals surface area contributed by atoms with Crippen molar-refractivity contribution in [3.05, 3.63) is 29.8 Å². The smallest absolute Gasteiger partial charge is 0.304 e. The zero-order valence-electron chi connectivity index (χ0n) is 10.8. The maximum Gasteiger partial charge on any atom is 0.304 e. The quantitative estimate of drug-likeness (QED) is 0.885. The number of rotatable bonds is 5. The van der Waals surface area contributed by atoms with E-state index in [1.807, 2.05) is 24.3 Å². The predicted octanol–water partition coefficient (Wildman–Crippen LogP) is 2.36. The highest BCUT2D eigenvalue weighted by Crippen LogP contribution is 2.51. The molecule has 1 heterocycles. The SMILES string of the molecule is O=C(O)CC1(c2ccc(OC3CCOC3)cc2)CC1. The van der Waals surface area contributed by atoms with Gasteiger partial charge >= 0.3 is 5.97 Å². The summed E-state index contributed by atoms with van der Waals surface area (Å²) >= 11 is 0. The van der Waals surface area contributed by atoms with E-state index in [4.69, 9.17) is 14.6 Å². The fourth-order valence-electron chi connectivity index (χ4n) is 2.69. The van der Waals surface area contributed by atoms with Crippen LogP contribution in [0, 0.1) is 0 Å². The molecule has 1 saturated heterocycles. The number of hydrogen-bond acceptors (Lipinski definition) is 3. The predicted molar refractivity (Wildman–Crippen MR) is 69.5 cm³/mol. The first kappa shape index (κ1) is 12.5. The molecule has 0 bridgehead atoms. The molecule has 0 spiro atoms. The van der Waals surface area contributed by atoms with Gasteiger partial charge in [0.05, 0.1) is 19.6 Å². The second-order valence-corrected chi connectivity index (χ2v) is 5.48. The highest BCUT2D eigenvalue weighted by atomic mass is 16.5. The Bertz CT molecular complexity index is 456. The Morgan fingerprint density at radius 3 is 2.63 bits per heavy atom. The molecule has 1 aromatic rings. The molecule has 1 aliphatic heterocycles. The van der Waals surface area contributed by atoms with Gasteiger partial charge < -0.3 is 14.6 Å². The number of hydrogen-bond donors (Lipinski definition) is 1. The van der Waals surface area contributed by atoms with Gasteiger partial charge in [0.2, 0.25) is 0 Å². The molecule has 4 nitrogen and oxygen atoms in total. The topological polar surface area (TPSA) is 55.8 Å². The molecule has 19 heavy (non-hydrogen) atoms. The summed E-state index contributed by atoms with van der Waals surface area (Å²) in [5.74, 6) is 0.117. The van der Waals surface area contributed by atoms with E-state index in [1.165, 1.54) is 0 Å². The fourth-order valence-corrected chi connectivity index (χ4v) is 2.69. The zero-order valence-corrected chi connectivity index (χ0v) is 10.8. The Hall–Kier alpha value is -1.55. The van der Waals surface area contributed by atoms with Gasteiger partial charge in [-0.05, 0) is 30.5 Å². The van der Waals surface area contributed by atoms with E-state index in [0.29, 0.717) is 6.61 Å². The number of carbonyl (C=O) groups is 1. The summed E-state index contributed by atoms with van der Waals surface area (Å²) in [6.45, 7) is 1.43. The third kappa shape index (κ3) is 2.73. The molecule has 2 aliphatic rings. The van der Waals surface area contributed by atoms with Crippen molar-refractivity contribution in [2.75, 3.05) is 13.2 Å². The summed E-state index contributed by atoms with van der Waals surface area (Å²) in [7, 11) is 0. The van der Waals surface area contributed by atoms with Crippen molar-refractivity contribution in [2.24, 2.45) is 0 Å². The summed E-state index contributed by atoms with van der Waals surface area (Å²) in [6.07, 6.45) is 3.25. The molecule has 1 unspecified atom stereocenters. The van der Waals surface area contributed by atoms with Crippen LogP contribution in [0.25, 0.3) is 0 Å². The molecule has 1 N–H and O–H groups in total. The molecule has 0 aromatic heterocycles. The van der Waals surface area contributed by atoms with Crippen molar-refractivity contribution in [1.29, 1.82) is 0 Å². The summed E-state index contributed by atoms with van der Waals surface area (Å²) < 4.78 is 11.1. The van der Waals surface area contributed by atoms with Gasteiger partial charge in [-0.1, -0.05) is 12.1 Å². The molecular formula is C15H18O4. The minimum atomic E-state index is -0.721. The third-order valence-electron chi connectivity index (χ3n) is 4.00. The first-order valence-electron chi connectivity index (χ1n) is 6.75. The van der Waals surface area contributed by atoms with E-state index in [1.54, 1.807) is 0 Å². The van der Waals surface area contributed by atoms with Gasteiger partial charge in [0.25, 0.3) is 0 Å². The molecular weight excluding hydrogens is 244 g/mol. The lowest BCUT2D eigenvalue weighted by Gasteiger charge is -2.15. The normalized spacial score (nSPS) is 24.1. The summed E-state index contributed by atoms with van der Waals surface area (Å²) in [5, 5.41) is 8.96. The van der Waals surface area contributed by atoms with Crippen LogP contribution in [0.15, 0.2) is 24.3 Å². The lowest BCUT2D eigenvalue weighted by atomic mass is 9.92. The fraction of sp³-hybridized carbons (Fsp3) is 0.533. The van der Waals surface area contributed by atoms with Crippen LogP contribution in [0.1, 0.15) is 31.2 Å². The summed E-state index contributed by atoms with van der Waals surface area (Å²) in [6, 6.07) is 7.88. The minimum Gasteiger partial charge on any atom is -0.488 e. The van der Waals surface area contributed by atoms with E-state index in [2.05, 4.69) is 0 Å². The number of ether oxygens (including phenoxy) is 2. The largest absolute Gasteiger partial charge is 0.488 e. The molecule has 4 heteroatoms. The number of benzene rings is 1. The summed E-state index contributed by atoms with van der Waals surface area (Å²) in [5.41, 5.74) is 0.991. The van der Waals surface area contributed by atoms with Crippen molar-refractivity contribution in [1.82, 2.24) is 0 Å². The molecule has 1 aliphatic carbocycles. The molecule has 3 rings (SSSR count). The van der Waals surface area contributed by atoms with Crippen molar-refractivity contribution in [3.8, 4) is 5.75 Å². The van der Waals surface area contributed by atoms with Gasteiger partial charge in [0.15, 0.2) is 0 Å². The summed E-state index contributed by atoms with van der Waals surface area (Å²) in [4.78, 5) is 10.9. The van der Waals surface area contributed by atoms with Gasteiger partial charge in [-0.3, -0.25) is 4.79 Å². The minimum absolute atomic E-state index is 0.124. The number of carboxylic acid groups (broad SMARTS) is 1. The van der Waals surface area contributed by atoms with E-state index in [9.17, 15) is 4.79 Å². The molecule has 2 fully saturated rings. The highest BCUT2D eigenvalue weighted by Gasteiger charge is 2.45. The molecule has 0 amide bonds. The molecule has 0 radical (unpaired) electrons. The average Bonchev–Trinajstić information content (AvgIpc) is 2.97. The second kappa shape index (κ2) is 4.85. The van der Waals surface area contributed by atoms with Gasteiger partial charge in [0.1, 0.15) is 11.9 Å². The van der Waals surface area contributed by atoms with Crippen LogP contribution >= 0.6 is 0 Å². The first-order chi connectivity index (χ1) is 9.18. The van der Waals surface area contributed by atoms with E-state index < -0.39 is 5.97 Å². The average molecular weight is 262 g/mol. The Labute approximate surface area is 112 Å². The maximum absolute atomic E-state index is 10.9. The van der Waals surface area contributed by atoms with E-state index >= 15 is 0 Å². The first-order valence-corrected chi connectivity index (χ1v) is 6.75. The maximum atomic E-state index is 10.9. The van der Waals surface area contributed by atoms with Gasteiger partial charge in [0, 0.05) is 11.8 Å². The van der Waals surface area contributed by atoms with Crippen LogP contribution in [-0.2, 0) is 14.9 Å². The van der Waals surface area contributed by atoms with Crippen LogP contribution in [-0.4, -0.2) is 30.4 Å². The lowest BCUT2D eigenvalue weighted by molar-refractivity contribution is -0.137. The Morgan fingerprint density at radius 2 is 2.11 bits per heavy atom. The number of carboxylic acids is 1. The monoisotopic (exact) mass is 262 g/mol. The Kier molecular flexibility index (Phi) is 3.19. The van der Waals surface area contributed by atoms with Crippen LogP contribution in [0.5, 0.6) is 5.75 Å². The molecule has 102 valence electrons. The van der Waals surface area contributed by atoms with Crippen molar-refractivity contribution < 1.29 is 19.4 Å². The molecule has 1 atom stereocenters.